The summed E-state index contributed by atoms with van der Waals surface area (Å²) in [7, 11) is 0. The van der Waals surface area contributed by atoms with Gasteiger partial charge in [-0.1, -0.05) is 18.2 Å². The Bertz CT molecular complexity index is 347. The lowest BCUT2D eigenvalue weighted by atomic mass is 10.1. The van der Waals surface area contributed by atoms with Gasteiger partial charge >= 0.3 is 0 Å². The quantitative estimate of drug-likeness (QED) is 0.621. The Morgan fingerprint density at radius 3 is 2.83 bits per heavy atom. The van der Waals surface area contributed by atoms with Crippen LogP contribution in [0.15, 0.2) is 24.3 Å². The predicted molar refractivity (Wildman–Crippen MR) is 45.8 cm³/mol. The molecule has 0 fully saturated rings. The molecule has 0 aliphatic carbocycles. The summed E-state index contributed by atoms with van der Waals surface area (Å²) in [4.78, 5) is 0. The van der Waals surface area contributed by atoms with Crippen molar-refractivity contribution in [2.24, 2.45) is 0 Å². The van der Waals surface area contributed by atoms with E-state index < -0.39 is 5.82 Å². The van der Waals surface area contributed by atoms with Gasteiger partial charge in [0.05, 0.1) is 5.56 Å². The number of benzene rings is 1. The average Bonchev–Trinajstić information content (AvgIpc) is 2.09. The van der Waals surface area contributed by atoms with Crippen LogP contribution in [0.25, 0.3) is 6.08 Å². The van der Waals surface area contributed by atoms with Crippen LogP contribution in [0.2, 0.25) is 0 Å². The van der Waals surface area contributed by atoms with Crippen molar-refractivity contribution in [3.63, 3.8) is 0 Å². The summed E-state index contributed by atoms with van der Waals surface area (Å²) in [5.41, 5.74) is 0.932. The van der Waals surface area contributed by atoms with Gasteiger partial charge in [0.1, 0.15) is 11.9 Å². The normalized spacial score (nSPS) is 10.1. The first-order chi connectivity index (χ1) is 5.77. The van der Waals surface area contributed by atoms with E-state index in [1.807, 2.05) is 19.1 Å². The van der Waals surface area contributed by atoms with Crippen LogP contribution in [-0.2, 0) is 0 Å². The molecule has 0 radical (unpaired) electrons. The van der Waals surface area contributed by atoms with Crippen molar-refractivity contribution >= 4 is 6.08 Å². The standard InChI is InChI=1S/C10H8FN/c1-2-3-8-4-5-10(11)9(6-8)7-12/h2-6H,1H3/b3-2+. The number of hydrogen-bond donors (Lipinski definition) is 0. The minimum absolute atomic E-state index is 0.0885. The van der Waals surface area contributed by atoms with Crippen molar-refractivity contribution in [3.05, 3.63) is 41.2 Å². The van der Waals surface area contributed by atoms with Gasteiger partial charge < -0.3 is 0 Å². The molecule has 0 aromatic heterocycles. The summed E-state index contributed by atoms with van der Waals surface area (Å²) in [5, 5.41) is 8.50. The molecule has 0 spiro atoms. The number of hydrogen-bond acceptors (Lipinski definition) is 1. The third-order valence-electron chi connectivity index (χ3n) is 1.47. The lowest BCUT2D eigenvalue weighted by Crippen LogP contribution is -1.83. The molecule has 0 saturated heterocycles. The molecule has 0 amide bonds. The summed E-state index contributed by atoms with van der Waals surface area (Å²) >= 11 is 0. The van der Waals surface area contributed by atoms with Gasteiger partial charge in [0.15, 0.2) is 0 Å². The second-order valence-corrected chi connectivity index (χ2v) is 2.35. The van der Waals surface area contributed by atoms with Crippen LogP contribution >= 0.6 is 0 Å². The molecule has 1 aromatic carbocycles. The molecule has 2 heteroatoms. The molecular weight excluding hydrogens is 153 g/mol. The van der Waals surface area contributed by atoms with E-state index in [4.69, 9.17) is 5.26 Å². The van der Waals surface area contributed by atoms with Crippen LogP contribution in [-0.4, -0.2) is 0 Å². The number of nitrogens with zero attached hydrogens (tertiary/aromatic N) is 1. The zero-order valence-corrected chi connectivity index (χ0v) is 6.71. The number of nitriles is 1. The first-order valence-electron chi connectivity index (χ1n) is 3.60. The minimum atomic E-state index is -0.467. The number of rotatable bonds is 1. The highest BCUT2D eigenvalue weighted by Gasteiger charge is 1.99. The van der Waals surface area contributed by atoms with Crippen LogP contribution in [0, 0.1) is 17.1 Å². The van der Waals surface area contributed by atoms with Crippen LogP contribution in [0.1, 0.15) is 18.1 Å². The second-order valence-electron chi connectivity index (χ2n) is 2.35. The maximum absolute atomic E-state index is 12.8. The number of halogens is 1. The van der Waals surface area contributed by atoms with Crippen LogP contribution in [0.4, 0.5) is 4.39 Å². The van der Waals surface area contributed by atoms with Gasteiger partial charge in [-0.3, -0.25) is 0 Å². The topological polar surface area (TPSA) is 23.8 Å². The van der Waals surface area contributed by atoms with Gasteiger partial charge in [0, 0.05) is 0 Å². The Labute approximate surface area is 70.8 Å². The van der Waals surface area contributed by atoms with Gasteiger partial charge in [0.25, 0.3) is 0 Å². The zero-order valence-electron chi connectivity index (χ0n) is 6.71. The van der Waals surface area contributed by atoms with Gasteiger partial charge in [-0.25, -0.2) is 4.39 Å². The molecule has 0 aliphatic heterocycles. The molecule has 0 atom stereocenters. The molecule has 0 unspecified atom stereocenters. The van der Waals surface area contributed by atoms with Crippen molar-refractivity contribution in [2.75, 3.05) is 0 Å². The molecule has 0 heterocycles. The smallest absolute Gasteiger partial charge is 0.140 e. The summed E-state index contributed by atoms with van der Waals surface area (Å²) in [6.07, 6.45) is 3.66. The van der Waals surface area contributed by atoms with Gasteiger partial charge in [-0.2, -0.15) is 5.26 Å². The predicted octanol–water partition coefficient (Wildman–Crippen LogP) is 2.73. The fourth-order valence-electron chi connectivity index (χ4n) is 0.925. The highest BCUT2D eigenvalue weighted by Crippen LogP contribution is 2.10. The van der Waals surface area contributed by atoms with Crippen molar-refractivity contribution in [2.45, 2.75) is 6.92 Å². The second kappa shape index (κ2) is 3.68. The first-order valence-corrected chi connectivity index (χ1v) is 3.60. The SMILES string of the molecule is C/C=C/c1ccc(F)c(C#N)c1. The Hall–Kier alpha value is -1.62. The third-order valence-corrected chi connectivity index (χ3v) is 1.47. The molecule has 0 saturated carbocycles. The van der Waals surface area contributed by atoms with E-state index in [0.717, 1.165) is 5.56 Å². The summed E-state index contributed by atoms with van der Waals surface area (Å²) < 4.78 is 12.8. The summed E-state index contributed by atoms with van der Waals surface area (Å²) in [6, 6.07) is 6.24. The van der Waals surface area contributed by atoms with Crippen molar-refractivity contribution < 1.29 is 4.39 Å². The third kappa shape index (κ3) is 1.70. The fourth-order valence-corrected chi connectivity index (χ4v) is 0.925. The van der Waals surface area contributed by atoms with Crippen molar-refractivity contribution in [3.8, 4) is 6.07 Å². The van der Waals surface area contributed by atoms with E-state index >= 15 is 0 Å². The van der Waals surface area contributed by atoms with Crippen molar-refractivity contribution in [1.82, 2.24) is 0 Å². The van der Waals surface area contributed by atoms with Gasteiger partial charge in [-0.05, 0) is 24.6 Å². The van der Waals surface area contributed by atoms with E-state index in [1.165, 1.54) is 12.1 Å². The molecule has 1 rings (SSSR count). The maximum Gasteiger partial charge on any atom is 0.140 e. The number of allylic oxidation sites excluding steroid dienone is 1. The molecule has 1 aromatic rings. The Kier molecular flexibility index (Phi) is 2.60. The van der Waals surface area contributed by atoms with Crippen LogP contribution in [0.3, 0.4) is 0 Å². The maximum atomic E-state index is 12.8. The highest BCUT2D eigenvalue weighted by molar-refractivity contribution is 5.52. The largest absolute Gasteiger partial charge is 0.206 e. The molecule has 0 N–H and O–H groups in total. The fraction of sp³-hybridized carbons (Fsp3) is 0.100. The highest BCUT2D eigenvalue weighted by atomic mass is 19.1. The van der Waals surface area contributed by atoms with E-state index in [-0.39, 0.29) is 5.56 Å². The molecule has 60 valence electrons. The van der Waals surface area contributed by atoms with Crippen molar-refractivity contribution in [1.29, 1.82) is 5.26 Å². The first kappa shape index (κ1) is 8.48. The summed E-state index contributed by atoms with van der Waals surface area (Å²) in [5.74, 6) is -0.467. The van der Waals surface area contributed by atoms with E-state index in [9.17, 15) is 4.39 Å². The molecule has 0 aliphatic rings. The van der Waals surface area contributed by atoms with Gasteiger partial charge in [0.2, 0.25) is 0 Å². The Morgan fingerprint density at radius 2 is 2.25 bits per heavy atom. The lowest BCUT2D eigenvalue weighted by Gasteiger charge is -1.94. The lowest BCUT2D eigenvalue weighted by molar-refractivity contribution is 0.624. The van der Waals surface area contributed by atoms with E-state index in [0.29, 0.717) is 0 Å². The Balaban J connectivity index is 3.16. The monoisotopic (exact) mass is 161 g/mol. The Morgan fingerprint density at radius 1 is 1.50 bits per heavy atom. The summed E-state index contributed by atoms with van der Waals surface area (Å²) in [6.45, 7) is 1.87. The van der Waals surface area contributed by atoms with E-state index in [2.05, 4.69) is 0 Å². The molecule has 0 bridgehead atoms. The van der Waals surface area contributed by atoms with Crippen LogP contribution < -0.4 is 0 Å². The zero-order chi connectivity index (χ0) is 8.97. The minimum Gasteiger partial charge on any atom is -0.206 e. The van der Waals surface area contributed by atoms with Crippen LogP contribution in [0.5, 0.6) is 0 Å². The molecular formula is C10H8FN. The van der Waals surface area contributed by atoms with Gasteiger partial charge in [-0.15, -0.1) is 0 Å². The van der Waals surface area contributed by atoms with E-state index in [1.54, 1.807) is 12.1 Å². The molecule has 1 nitrogen and oxygen atoms in total. The molecule has 12 heavy (non-hydrogen) atoms. The average molecular weight is 161 g/mol.